The Bertz CT molecular complexity index is 583. The Labute approximate surface area is 117 Å². The number of hydrogen-bond acceptors (Lipinski definition) is 3. The van der Waals surface area contributed by atoms with Crippen LogP contribution in [0.5, 0.6) is 0 Å². The molecule has 19 heavy (non-hydrogen) atoms. The topological polar surface area (TPSA) is 83.5 Å². The van der Waals surface area contributed by atoms with Crippen molar-refractivity contribution in [3.8, 4) is 0 Å². The summed E-state index contributed by atoms with van der Waals surface area (Å²) in [6.45, 7) is 4.98. The maximum atomic E-state index is 12.2. The van der Waals surface area contributed by atoms with Gasteiger partial charge in [0.2, 0.25) is 10.0 Å². The molecule has 1 atom stereocenters. The Morgan fingerprint density at radius 2 is 1.95 bits per heavy atom. The van der Waals surface area contributed by atoms with Crippen molar-refractivity contribution in [2.45, 2.75) is 31.7 Å². The summed E-state index contributed by atoms with van der Waals surface area (Å²) < 4.78 is 26.5. The second-order valence-electron chi connectivity index (χ2n) is 4.62. The third-order valence-corrected chi connectivity index (χ3v) is 4.51. The molecule has 0 saturated heterocycles. The molecule has 7 heteroatoms. The highest BCUT2D eigenvalue weighted by atomic mass is 35.5. The summed E-state index contributed by atoms with van der Waals surface area (Å²) in [7, 11) is -3.97. The molecular weight excluding hydrogens is 290 g/mol. The van der Waals surface area contributed by atoms with Gasteiger partial charge in [0, 0.05) is 0 Å². The molecule has 5 nitrogen and oxygen atoms in total. The minimum atomic E-state index is -3.97. The van der Waals surface area contributed by atoms with E-state index in [1.54, 1.807) is 26.8 Å². The van der Waals surface area contributed by atoms with Crippen LogP contribution in [-0.4, -0.2) is 25.5 Å². The van der Waals surface area contributed by atoms with Crippen molar-refractivity contribution in [1.82, 2.24) is 4.72 Å². The zero-order valence-corrected chi connectivity index (χ0v) is 12.4. The SMILES string of the molecule is Cc1ccc(Cl)c(S(=O)(=O)N[C@H](C(=O)O)C(C)C)c1. The molecule has 1 aromatic rings. The van der Waals surface area contributed by atoms with Gasteiger partial charge >= 0.3 is 5.97 Å². The van der Waals surface area contributed by atoms with Gasteiger partial charge in [-0.05, 0) is 30.5 Å². The summed E-state index contributed by atoms with van der Waals surface area (Å²) >= 11 is 5.86. The van der Waals surface area contributed by atoms with Crippen LogP contribution in [-0.2, 0) is 14.8 Å². The fourth-order valence-corrected chi connectivity index (χ4v) is 3.44. The first-order valence-electron chi connectivity index (χ1n) is 5.66. The Morgan fingerprint density at radius 3 is 2.42 bits per heavy atom. The standard InChI is InChI=1S/C12H16ClNO4S/c1-7(2)11(12(15)16)14-19(17,18)10-6-8(3)4-5-9(10)13/h4-7,11,14H,1-3H3,(H,15,16)/t11-/m0/s1. The van der Waals surface area contributed by atoms with E-state index in [9.17, 15) is 13.2 Å². The van der Waals surface area contributed by atoms with Gasteiger partial charge in [-0.15, -0.1) is 0 Å². The number of rotatable bonds is 5. The third-order valence-electron chi connectivity index (χ3n) is 2.59. The average Bonchev–Trinajstić information content (AvgIpc) is 2.28. The lowest BCUT2D eigenvalue weighted by Crippen LogP contribution is -2.44. The molecule has 0 aliphatic heterocycles. The first kappa shape index (κ1) is 15.9. The van der Waals surface area contributed by atoms with E-state index in [0.717, 1.165) is 5.56 Å². The van der Waals surface area contributed by atoms with E-state index in [0.29, 0.717) is 0 Å². The van der Waals surface area contributed by atoms with Crippen LogP contribution in [0.1, 0.15) is 19.4 Å². The number of sulfonamides is 1. The third kappa shape index (κ3) is 3.92. The zero-order valence-electron chi connectivity index (χ0n) is 10.8. The highest BCUT2D eigenvalue weighted by Crippen LogP contribution is 2.23. The van der Waals surface area contributed by atoms with Gasteiger partial charge in [0.1, 0.15) is 10.9 Å². The van der Waals surface area contributed by atoms with Crippen LogP contribution in [0.25, 0.3) is 0 Å². The van der Waals surface area contributed by atoms with E-state index in [-0.39, 0.29) is 15.8 Å². The minimum absolute atomic E-state index is 0.0611. The first-order chi connectivity index (χ1) is 8.65. The van der Waals surface area contributed by atoms with E-state index >= 15 is 0 Å². The number of carboxylic acid groups (broad SMARTS) is 1. The lowest BCUT2D eigenvalue weighted by Gasteiger charge is -2.18. The zero-order chi connectivity index (χ0) is 14.8. The molecular formula is C12H16ClNO4S. The molecule has 0 spiro atoms. The van der Waals surface area contributed by atoms with Crippen molar-refractivity contribution in [3.63, 3.8) is 0 Å². The number of halogens is 1. The maximum Gasteiger partial charge on any atom is 0.322 e. The van der Waals surface area contributed by atoms with Crippen LogP contribution in [0, 0.1) is 12.8 Å². The van der Waals surface area contributed by atoms with Crippen molar-refractivity contribution in [3.05, 3.63) is 28.8 Å². The van der Waals surface area contributed by atoms with Crippen LogP contribution in [0.3, 0.4) is 0 Å². The molecule has 1 aromatic carbocycles. The van der Waals surface area contributed by atoms with Gasteiger partial charge in [-0.3, -0.25) is 4.79 Å². The van der Waals surface area contributed by atoms with E-state index in [2.05, 4.69) is 4.72 Å². The first-order valence-corrected chi connectivity index (χ1v) is 7.52. The van der Waals surface area contributed by atoms with Gasteiger partial charge in [-0.1, -0.05) is 31.5 Å². The lowest BCUT2D eigenvalue weighted by molar-refractivity contribution is -0.140. The fraction of sp³-hybridized carbons (Fsp3) is 0.417. The Morgan fingerprint density at radius 1 is 1.37 bits per heavy atom. The van der Waals surface area contributed by atoms with Gasteiger partial charge in [-0.25, -0.2) is 8.42 Å². The summed E-state index contributed by atoms with van der Waals surface area (Å²) in [4.78, 5) is 10.9. The Kier molecular flexibility index (Phi) is 4.95. The highest BCUT2D eigenvalue weighted by Gasteiger charge is 2.29. The monoisotopic (exact) mass is 305 g/mol. The second-order valence-corrected chi connectivity index (χ2v) is 6.70. The summed E-state index contributed by atoms with van der Waals surface area (Å²) in [6.07, 6.45) is 0. The minimum Gasteiger partial charge on any atom is -0.480 e. The quantitative estimate of drug-likeness (QED) is 0.872. The molecule has 0 heterocycles. The molecule has 0 aliphatic carbocycles. The van der Waals surface area contributed by atoms with E-state index < -0.39 is 22.0 Å². The molecule has 106 valence electrons. The summed E-state index contributed by atoms with van der Waals surface area (Å²) in [6, 6.07) is 3.36. The predicted octanol–water partition coefficient (Wildman–Crippen LogP) is 2.04. The van der Waals surface area contributed by atoms with Crippen LogP contribution in [0.4, 0.5) is 0 Å². The predicted molar refractivity (Wildman–Crippen MR) is 72.8 cm³/mol. The van der Waals surface area contributed by atoms with Crippen molar-refractivity contribution in [2.24, 2.45) is 5.92 Å². The normalized spacial score (nSPS) is 13.5. The smallest absolute Gasteiger partial charge is 0.322 e. The molecule has 0 aromatic heterocycles. The summed E-state index contributed by atoms with van der Waals surface area (Å²) in [5.41, 5.74) is 0.723. The van der Waals surface area contributed by atoms with Crippen molar-refractivity contribution in [1.29, 1.82) is 0 Å². The average molecular weight is 306 g/mol. The Hall–Kier alpha value is -1.11. The van der Waals surface area contributed by atoms with Crippen LogP contribution < -0.4 is 4.72 Å². The number of hydrogen-bond donors (Lipinski definition) is 2. The molecule has 0 bridgehead atoms. The van der Waals surface area contributed by atoms with Crippen molar-refractivity contribution < 1.29 is 18.3 Å². The van der Waals surface area contributed by atoms with E-state index in [4.69, 9.17) is 16.7 Å². The van der Waals surface area contributed by atoms with E-state index in [1.165, 1.54) is 12.1 Å². The lowest BCUT2D eigenvalue weighted by atomic mass is 10.1. The number of benzene rings is 1. The van der Waals surface area contributed by atoms with Gasteiger partial charge < -0.3 is 5.11 Å². The fourth-order valence-electron chi connectivity index (χ4n) is 1.52. The molecule has 0 aliphatic rings. The number of nitrogens with one attached hydrogen (secondary N) is 1. The molecule has 0 unspecified atom stereocenters. The van der Waals surface area contributed by atoms with Crippen LogP contribution in [0.15, 0.2) is 23.1 Å². The largest absolute Gasteiger partial charge is 0.480 e. The molecule has 1 rings (SSSR count). The number of carboxylic acids is 1. The number of aryl methyl sites for hydroxylation is 1. The summed E-state index contributed by atoms with van der Waals surface area (Å²) in [5, 5.41) is 9.08. The highest BCUT2D eigenvalue weighted by molar-refractivity contribution is 7.89. The molecule has 0 fully saturated rings. The van der Waals surface area contributed by atoms with Gasteiger partial charge in [0.05, 0.1) is 5.02 Å². The Balaban J connectivity index is 3.17. The van der Waals surface area contributed by atoms with Crippen LogP contribution >= 0.6 is 11.6 Å². The van der Waals surface area contributed by atoms with Crippen molar-refractivity contribution >= 4 is 27.6 Å². The molecule has 0 radical (unpaired) electrons. The number of carbonyl (C=O) groups is 1. The molecule has 0 saturated carbocycles. The van der Waals surface area contributed by atoms with Crippen LogP contribution in [0.2, 0.25) is 5.02 Å². The van der Waals surface area contributed by atoms with Gasteiger partial charge in [0.25, 0.3) is 0 Å². The van der Waals surface area contributed by atoms with Crippen molar-refractivity contribution in [2.75, 3.05) is 0 Å². The van der Waals surface area contributed by atoms with Gasteiger partial charge in [0.15, 0.2) is 0 Å². The molecule has 0 amide bonds. The second kappa shape index (κ2) is 5.90. The number of aliphatic carboxylic acids is 1. The summed E-state index contributed by atoms with van der Waals surface area (Å²) in [5.74, 6) is -1.60. The molecule has 2 N–H and O–H groups in total. The van der Waals surface area contributed by atoms with E-state index in [1.807, 2.05) is 0 Å². The maximum absolute atomic E-state index is 12.2. The van der Waals surface area contributed by atoms with Gasteiger partial charge in [-0.2, -0.15) is 4.72 Å².